The minimum Gasteiger partial charge on any atom is -0.298 e. The fraction of sp³-hybridized carbons (Fsp3) is 0.818. The number of thioether (sulfide) groups is 1. The third kappa shape index (κ3) is 1.52. The summed E-state index contributed by atoms with van der Waals surface area (Å²) in [7, 11) is 0. The summed E-state index contributed by atoms with van der Waals surface area (Å²) >= 11 is 1.23. The van der Waals surface area contributed by atoms with Gasteiger partial charge in [0.1, 0.15) is 0 Å². The van der Waals surface area contributed by atoms with E-state index in [1.165, 1.54) is 11.8 Å². The van der Waals surface area contributed by atoms with Crippen LogP contribution in [0.15, 0.2) is 0 Å². The first-order valence-electron chi connectivity index (χ1n) is 5.15. The molecule has 2 fully saturated rings. The molecule has 1 saturated heterocycles. The van der Waals surface area contributed by atoms with Crippen LogP contribution in [0, 0.1) is 17.3 Å². The SMILES string of the molecule is CC1SC(=O)C(C2CC(C)(C)C2)C1=O. The Balaban J connectivity index is 2.06. The lowest BCUT2D eigenvalue weighted by Gasteiger charge is -2.44. The van der Waals surface area contributed by atoms with E-state index < -0.39 is 0 Å². The largest absolute Gasteiger partial charge is 0.298 e. The van der Waals surface area contributed by atoms with E-state index >= 15 is 0 Å². The Labute approximate surface area is 88.8 Å². The molecule has 0 aromatic carbocycles. The summed E-state index contributed by atoms with van der Waals surface area (Å²) in [5.41, 5.74) is 0.349. The molecule has 0 spiro atoms. The standard InChI is InChI=1S/C11H16O2S/c1-6-9(12)8(10(13)14-6)7-4-11(2,3)5-7/h6-8H,4-5H2,1-3H3. The molecule has 14 heavy (non-hydrogen) atoms. The maximum Gasteiger partial charge on any atom is 0.200 e. The first-order valence-corrected chi connectivity index (χ1v) is 6.03. The lowest BCUT2D eigenvalue weighted by atomic mass is 9.60. The molecule has 2 atom stereocenters. The highest BCUT2D eigenvalue weighted by Crippen LogP contribution is 2.51. The van der Waals surface area contributed by atoms with Crippen molar-refractivity contribution in [1.29, 1.82) is 0 Å². The topological polar surface area (TPSA) is 34.1 Å². The first kappa shape index (κ1) is 10.2. The summed E-state index contributed by atoms with van der Waals surface area (Å²) in [4.78, 5) is 23.3. The zero-order valence-electron chi connectivity index (χ0n) is 8.87. The molecule has 0 amide bonds. The quantitative estimate of drug-likeness (QED) is 0.625. The molecule has 78 valence electrons. The zero-order valence-corrected chi connectivity index (χ0v) is 9.69. The van der Waals surface area contributed by atoms with Gasteiger partial charge in [0.05, 0.1) is 11.2 Å². The Morgan fingerprint density at radius 1 is 1.29 bits per heavy atom. The van der Waals surface area contributed by atoms with Crippen LogP contribution in [0.2, 0.25) is 0 Å². The van der Waals surface area contributed by atoms with Crippen molar-refractivity contribution >= 4 is 22.7 Å². The second-order valence-corrected chi connectivity index (χ2v) is 6.64. The van der Waals surface area contributed by atoms with E-state index in [0.29, 0.717) is 11.3 Å². The van der Waals surface area contributed by atoms with Crippen LogP contribution >= 0.6 is 11.8 Å². The van der Waals surface area contributed by atoms with Gasteiger partial charge in [-0.05, 0) is 31.1 Å². The van der Waals surface area contributed by atoms with Crippen molar-refractivity contribution in [2.75, 3.05) is 0 Å². The molecular weight excluding hydrogens is 196 g/mol. The number of hydrogen-bond donors (Lipinski definition) is 0. The molecule has 0 aromatic rings. The third-order valence-corrected chi connectivity index (χ3v) is 4.43. The molecule has 1 heterocycles. The van der Waals surface area contributed by atoms with Gasteiger partial charge in [0.25, 0.3) is 0 Å². The number of hydrogen-bond acceptors (Lipinski definition) is 3. The predicted octanol–water partition coefficient (Wildman–Crippen LogP) is 2.27. The summed E-state index contributed by atoms with van der Waals surface area (Å²) in [6.07, 6.45) is 2.06. The van der Waals surface area contributed by atoms with Crippen molar-refractivity contribution in [2.45, 2.75) is 38.9 Å². The van der Waals surface area contributed by atoms with E-state index in [9.17, 15) is 9.59 Å². The van der Waals surface area contributed by atoms with E-state index in [2.05, 4.69) is 13.8 Å². The van der Waals surface area contributed by atoms with Gasteiger partial charge in [-0.2, -0.15) is 0 Å². The van der Waals surface area contributed by atoms with Gasteiger partial charge in [-0.1, -0.05) is 25.6 Å². The fourth-order valence-electron chi connectivity index (χ4n) is 2.69. The van der Waals surface area contributed by atoms with E-state index in [-0.39, 0.29) is 22.1 Å². The van der Waals surface area contributed by atoms with Gasteiger partial charge >= 0.3 is 0 Å². The molecule has 2 rings (SSSR count). The van der Waals surface area contributed by atoms with Gasteiger partial charge in [-0.15, -0.1) is 0 Å². The predicted molar refractivity (Wildman–Crippen MR) is 57.1 cm³/mol. The molecule has 2 unspecified atom stereocenters. The smallest absolute Gasteiger partial charge is 0.200 e. The highest BCUT2D eigenvalue weighted by Gasteiger charge is 2.50. The Morgan fingerprint density at radius 3 is 2.21 bits per heavy atom. The number of carbonyl (C=O) groups excluding carboxylic acids is 2. The van der Waals surface area contributed by atoms with Crippen LogP contribution < -0.4 is 0 Å². The lowest BCUT2D eigenvalue weighted by molar-refractivity contribution is -0.132. The molecule has 1 aliphatic heterocycles. The summed E-state index contributed by atoms with van der Waals surface area (Å²) in [5, 5.41) is 0.0132. The van der Waals surface area contributed by atoms with Gasteiger partial charge in [0.2, 0.25) is 0 Å². The molecule has 0 radical (unpaired) electrons. The van der Waals surface area contributed by atoms with Gasteiger partial charge in [-0.25, -0.2) is 0 Å². The molecule has 1 aliphatic carbocycles. The van der Waals surface area contributed by atoms with Crippen molar-refractivity contribution in [2.24, 2.45) is 17.3 Å². The highest BCUT2D eigenvalue weighted by molar-refractivity contribution is 8.15. The van der Waals surface area contributed by atoms with Crippen LogP contribution in [-0.4, -0.2) is 16.1 Å². The summed E-state index contributed by atoms with van der Waals surface area (Å²) in [6, 6.07) is 0. The second kappa shape index (κ2) is 3.09. The minimum absolute atomic E-state index is 0.101. The Bertz CT molecular complexity index is 288. The normalized spacial score (nSPS) is 37.4. The lowest BCUT2D eigenvalue weighted by Crippen LogP contribution is -2.40. The van der Waals surface area contributed by atoms with E-state index in [4.69, 9.17) is 0 Å². The monoisotopic (exact) mass is 212 g/mol. The Kier molecular flexibility index (Phi) is 2.25. The van der Waals surface area contributed by atoms with Gasteiger partial charge in [0, 0.05) is 0 Å². The number of carbonyl (C=O) groups is 2. The van der Waals surface area contributed by atoms with Crippen LogP contribution in [-0.2, 0) is 9.59 Å². The maximum atomic E-state index is 11.7. The molecule has 2 aliphatic rings. The van der Waals surface area contributed by atoms with Crippen molar-refractivity contribution in [3.63, 3.8) is 0 Å². The van der Waals surface area contributed by atoms with Gasteiger partial charge in [0.15, 0.2) is 10.9 Å². The molecule has 3 heteroatoms. The summed E-state index contributed by atoms with van der Waals surface area (Å²) in [5.74, 6) is 0.228. The van der Waals surface area contributed by atoms with Crippen LogP contribution in [0.5, 0.6) is 0 Å². The molecular formula is C11H16O2S. The molecule has 0 N–H and O–H groups in total. The molecule has 0 aromatic heterocycles. The fourth-order valence-corrected chi connectivity index (χ4v) is 3.76. The second-order valence-electron chi connectivity index (χ2n) is 5.29. The minimum atomic E-state index is -0.275. The summed E-state index contributed by atoms with van der Waals surface area (Å²) in [6.45, 7) is 6.24. The van der Waals surface area contributed by atoms with Crippen molar-refractivity contribution in [3.05, 3.63) is 0 Å². The average Bonchev–Trinajstić information content (AvgIpc) is 2.22. The number of Topliss-reactive ketones (excluding diaryl/α,β-unsaturated/α-hetero) is 1. The van der Waals surface area contributed by atoms with Gasteiger partial charge in [-0.3, -0.25) is 9.59 Å². The zero-order chi connectivity index (χ0) is 10.5. The first-order chi connectivity index (χ1) is 6.41. The average molecular weight is 212 g/mol. The maximum absolute atomic E-state index is 11.7. The number of ketones is 1. The third-order valence-electron chi connectivity index (χ3n) is 3.36. The Morgan fingerprint density at radius 2 is 1.86 bits per heavy atom. The molecule has 0 bridgehead atoms. The van der Waals surface area contributed by atoms with Crippen molar-refractivity contribution in [3.8, 4) is 0 Å². The molecule has 1 saturated carbocycles. The van der Waals surface area contributed by atoms with Crippen molar-refractivity contribution in [1.82, 2.24) is 0 Å². The van der Waals surface area contributed by atoms with Gasteiger partial charge < -0.3 is 0 Å². The Hall–Kier alpha value is -0.310. The molecule has 2 nitrogen and oxygen atoms in total. The number of rotatable bonds is 1. The van der Waals surface area contributed by atoms with Crippen LogP contribution in [0.4, 0.5) is 0 Å². The van der Waals surface area contributed by atoms with Crippen LogP contribution in [0.25, 0.3) is 0 Å². The van der Waals surface area contributed by atoms with Crippen molar-refractivity contribution < 1.29 is 9.59 Å². The highest BCUT2D eigenvalue weighted by atomic mass is 32.2. The van der Waals surface area contributed by atoms with E-state index in [1.54, 1.807) is 0 Å². The van der Waals surface area contributed by atoms with E-state index in [0.717, 1.165) is 12.8 Å². The van der Waals surface area contributed by atoms with Crippen LogP contribution in [0.3, 0.4) is 0 Å². The van der Waals surface area contributed by atoms with Crippen LogP contribution in [0.1, 0.15) is 33.6 Å². The summed E-state index contributed by atoms with van der Waals surface area (Å²) < 4.78 is 0. The van der Waals surface area contributed by atoms with E-state index in [1.807, 2.05) is 6.92 Å².